The molecule has 0 aromatic carbocycles. The average Bonchev–Trinajstić information content (AvgIpc) is 3.30. The second-order valence-corrected chi connectivity index (χ2v) is 7.35. The van der Waals surface area contributed by atoms with Gasteiger partial charge >= 0.3 is 0 Å². The summed E-state index contributed by atoms with van der Waals surface area (Å²) in [6.45, 7) is 6.02. The summed E-state index contributed by atoms with van der Waals surface area (Å²) in [6, 6.07) is 3.91. The average molecular weight is 378 g/mol. The van der Waals surface area contributed by atoms with E-state index >= 15 is 0 Å². The van der Waals surface area contributed by atoms with Gasteiger partial charge in [0.2, 0.25) is 0 Å². The van der Waals surface area contributed by atoms with Gasteiger partial charge in [0.15, 0.2) is 16.5 Å². The fourth-order valence-corrected chi connectivity index (χ4v) is 3.50. The lowest BCUT2D eigenvalue weighted by molar-refractivity contribution is 0.101. The van der Waals surface area contributed by atoms with Crippen LogP contribution in [-0.4, -0.2) is 30.5 Å². The number of hydrogen-bond donors (Lipinski definition) is 1. The van der Waals surface area contributed by atoms with Crippen molar-refractivity contribution in [3.8, 4) is 10.8 Å². The lowest BCUT2D eigenvalue weighted by atomic mass is 10.0. The Balaban J connectivity index is 1.66. The first-order valence-electron chi connectivity index (χ1n) is 8.55. The predicted octanol–water partition coefficient (Wildman–Crippen LogP) is 3.77. The number of pyridine rings is 1. The number of fused-ring (bicyclic) bond motifs is 1. The van der Waals surface area contributed by atoms with Crippen molar-refractivity contribution in [3.05, 3.63) is 59.1 Å². The van der Waals surface area contributed by atoms with Crippen LogP contribution >= 0.6 is 11.3 Å². The van der Waals surface area contributed by atoms with E-state index in [4.69, 9.17) is 0 Å². The molecule has 1 amide bonds. The molecule has 0 bridgehead atoms. The topological polar surface area (TPSA) is 85.6 Å². The van der Waals surface area contributed by atoms with E-state index in [2.05, 4.69) is 39.2 Å². The highest BCUT2D eigenvalue weighted by molar-refractivity contribution is 7.12. The molecule has 0 aliphatic rings. The van der Waals surface area contributed by atoms with Gasteiger partial charge in [-0.3, -0.25) is 10.2 Å². The Labute approximate surface area is 160 Å². The minimum Gasteiger partial charge on any atom is -0.267 e. The first-order valence-corrected chi connectivity index (χ1v) is 9.43. The van der Waals surface area contributed by atoms with E-state index in [0.717, 1.165) is 16.0 Å². The molecule has 0 aliphatic heterocycles. The van der Waals surface area contributed by atoms with Crippen molar-refractivity contribution < 1.29 is 4.79 Å². The van der Waals surface area contributed by atoms with E-state index in [-0.39, 0.29) is 5.91 Å². The summed E-state index contributed by atoms with van der Waals surface area (Å²) in [4.78, 5) is 30.1. The molecular weight excluding hydrogens is 360 g/mol. The molecule has 4 aromatic rings. The Kier molecular flexibility index (Phi) is 4.41. The molecule has 1 N–H and O–H groups in total. The monoisotopic (exact) mass is 378 g/mol. The predicted molar refractivity (Wildman–Crippen MR) is 105 cm³/mol. The highest BCUT2D eigenvalue weighted by Crippen LogP contribution is 2.25. The largest absolute Gasteiger partial charge is 0.273 e. The van der Waals surface area contributed by atoms with Gasteiger partial charge in [0.05, 0.1) is 11.3 Å². The molecular formula is C19H18N6OS. The van der Waals surface area contributed by atoms with Crippen LogP contribution in [0.3, 0.4) is 0 Å². The highest BCUT2D eigenvalue weighted by Gasteiger charge is 2.17. The Morgan fingerprint density at radius 1 is 1.22 bits per heavy atom. The molecule has 0 fully saturated rings. The third-order valence-electron chi connectivity index (χ3n) is 4.29. The first-order chi connectivity index (χ1) is 13.0. The van der Waals surface area contributed by atoms with Gasteiger partial charge in [-0.1, -0.05) is 13.8 Å². The van der Waals surface area contributed by atoms with Crippen molar-refractivity contribution >= 4 is 28.3 Å². The standard InChI is InChI=1S/C19H18N6OS/c1-11(2)15-10-25(17-13(15)5-4-6-20-17)24-18(26)14-9-22-16(23-12(14)3)19-21-7-8-27-19/h4-11H,1-3H3,(H,24,26). The number of rotatable bonds is 4. The number of hydrogen-bond acceptors (Lipinski definition) is 6. The van der Waals surface area contributed by atoms with Gasteiger partial charge < -0.3 is 0 Å². The molecule has 136 valence electrons. The lowest BCUT2D eigenvalue weighted by Gasteiger charge is -2.09. The summed E-state index contributed by atoms with van der Waals surface area (Å²) in [6.07, 6.45) is 6.87. The second-order valence-electron chi connectivity index (χ2n) is 6.45. The molecule has 4 heterocycles. The van der Waals surface area contributed by atoms with Crippen molar-refractivity contribution in [2.24, 2.45) is 0 Å². The number of nitrogens with one attached hydrogen (secondary N) is 1. The van der Waals surface area contributed by atoms with Crippen LogP contribution in [0.5, 0.6) is 0 Å². The maximum Gasteiger partial charge on any atom is 0.273 e. The third-order valence-corrected chi connectivity index (χ3v) is 5.05. The van der Waals surface area contributed by atoms with Gasteiger partial charge in [-0.05, 0) is 30.5 Å². The van der Waals surface area contributed by atoms with Crippen LogP contribution in [0.2, 0.25) is 0 Å². The number of carbonyl (C=O) groups excluding carboxylic acids is 1. The Bertz CT molecular complexity index is 1120. The molecule has 8 heteroatoms. The Hall–Kier alpha value is -3.13. The molecule has 0 spiro atoms. The van der Waals surface area contributed by atoms with Crippen molar-refractivity contribution in [3.63, 3.8) is 0 Å². The van der Waals surface area contributed by atoms with Gasteiger partial charge in [0, 0.05) is 35.6 Å². The zero-order chi connectivity index (χ0) is 19.0. The molecule has 0 radical (unpaired) electrons. The van der Waals surface area contributed by atoms with Gasteiger partial charge in [-0.2, -0.15) is 0 Å². The minimum absolute atomic E-state index is 0.281. The van der Waals surface area contributed by atoms with Crippen molar-refractivity contribution in [1.82, 2.24) is 24.6 Å². The summed E-state index contributed by atoms with van der Waals surface area (Å²) in [7, 11) is 0. The number of amides is 1. The molecule has 0 saturated heterocycles. The molecule has 4 rings (SSSR count). The maximum atomic E-state index is 12.8. The van der Waals surface area contributed by atoms with Crippen LogP contribution < -0.4 is 5.43 Å². The van der Waals surface area contributed by atoms with Crippen LogP contribution in [0.25, 0.3) is 21.9 Å². The second kappa shape index (κ2) is 6.88. The fourth-order valence-electron chi connectivity index (χ4n) is 2.93. The van der Waals surface area contributed by atoms with Crippen LogP contribution in [-0.2, 0) is 0 Å². The quantitative estimate of drug-likeness (QED) is 0.584. The number of thiazole rings is 1. The SMILES string of the molecule is Cc1nc(-c2nccs2)ncc1C(=O)Nn1cc(C(C)C)c2cccnc21. The molecule has 0 aliphatic carbocycles. The number of aromatic nitrogens is 5. The van der Waals surface area contributed by atoms with E-state index in [9.17, 15) is 4.79 Å². The van der Waals surface area contributed by atoms with Gasteiger partial charge in [-0.25, -0.2) is 24.6 Å². The Morgan fingerprint density at radius 2 is 2.07 bits per heavy atom. The Morgan fingerprint density at radius 3 is 2.78 bits per heavy atom. The number of nitrogens with zero attached hydrogens (tertiary/aromatic N) is 5. The van der Waals surface area contributed by atoms with E-state index in [0.29, 0.717) is 28.6 Å². The van der Waals surface area contributed by atoms with Crippen molar-refractivity contribution in [2.45, 2.75) is 26.7 Å². The smallest absolute Gasteiger partial charge is 0.267 e. The normalized spacial score (nSPS) is 11.3. The highest BCUT2D eigenvalue weighted by atomic mass is 32.1. The van der Waals surface area contributed by atoms with Crippen molar-refractivity contribution in [2.75, 3.05) is 5.43 Å². The summed E-state index contributed by atoms with van der Waals surface area (Å²) in [5.74, 6) is 0.558. The van der Waals surface area contributed by atoms with Gasteiger partial charge in [-0.15, -0.1) is 11.3 Å². The zero-order valence-electron chi connectivity index (χ0n) is 15.2. The van der Waals surface area contributed by atoms with Gasteiger partial charge in [0.25, 0.3) is 5.91 Å². The van der Waals surface area contributed by atoms with Crippen molar-refractivity contribution in [1.29, 1.82) is 0 Å². The molecule has 27 heavy (non-hydrogen) atoms. The van der Waals surface area contributed by atoms with E-state index < -0.39 is 0 Å². The molecule has 0 unspecified atom stereocenters. The van der Waals surface area contributed by atoms with E-state index in [1.807, 2.05) is 23.7 Å². The first kappa shape index (κ1) is 17.3. The number of carbonyl (C=O) groups is 1. The van der Waals surface area contributed by atoms with Gasteiger partial charge in [0.1, 0.15) is 0 Å². The van der Waals surface area contributed by atoms with E-state index in [1.165, 1.54) is 17.5 Å². The zero-order valence-corrected chi connectivity index (χ0v) is 16.0. The maximum absolute atomic E-state index is 12.8. The summed E-state index contributed by atoms with van der Waals surface area (Å²) in [5.41, 5.74) is 5.75. The lowest BCUT2D eigenvalue weighted by Crippen LogP contribution is -2.23. The molecule has 4 aromatic heterocycles. The molecule has 7 nitrogen and oxygen atoms in total. The van der Waals surface area contributed by atoms with Crippen LogP contribution in [0.4, 0.5) is 0 Å². The van der Waals surface area contributed by atoms with Crippen LogP contribution in [0.15, 0.2) is 42.3 Å². The minimum atomic E-state index is -0.281. The molecule has 0 saturated carbocycles. The number of aryl methyl sites for hydroxylation is 1. The summed E-state index contributed by atoms with van der Waals surface area (Å²) < 4.78 is 1.67. The third kappa shape index (κ3) is 3.19. The van der Waals surface area contributed by atoms with Crippen LogP contribution in [0.1, 0.15) is 41.4 Å². The summed E-state index contributed by atoms with van der Waals surface area (Å²) >= 11 is 1.46. The summed E-state index contributed by atoms with van der Waals surface area (Å²) in [5, 5.41) is 3.62. The fraction of sp³-hybridized carbons (Fsp3) is 0.211. The van der Waals surface area contributed by atoms with E-state index in [1.54, 1.807) is 24.0 Å². The van der Waals surface area contributed by atoms with Crippen LogP contribution in [0, 0.1) is 6.92 Å². The molecule has 0 atom stereocenters.